The second kappa shape index (κ2) is 7.18. The molecule has 3 aromatic rings. The summed E-state index contributed by atoms with van der Waals surface area (Å²) in [5, 5.41) is 13.5. The van der Waals surface area contributed by atoms with Gasteiger partial charge in [0, 0.05) is 13.0 Å². The van der Waals surface area contributed by atoms with E-state index in [9.17, 15) is 31.5 Å². The van der Waals surface area contributed by atoms with E-state index in [4.69, 9.17) is 0 Å². The van der Waals surface area contributed by atoms with Gasteiger partial charge in [0.1, 0.15) is 21.1 Å². The zero-order chi connectivity index (χ0) is 22.6. The van der Waals surface area contributed by atoms with Gasteiger partial charge in [-0.15, -0.1) is 11.3 Å². The van der Waals surface area contributed by atoms with Crippen molar-refractivity contribution in [3.63, 3.8) is 0 Å². The summed E-state index contributed by atoms with van der Waals surface area (Å²) in [6, 6.07) is 12.1. The minimum atomic E-state index is -4.60. The van der Waals surface area contributed by atoms with Crippen LogP contribution in [0.1, 0.15) is 23.6 Å². The first-order valence-corrected chi connectivity index (χ1v) is 11.3. The number of aliphatic carboxylic acids is 1. The van der Waals surface area contributed by atoms with Crippen LogP contribution in [0.5, 0.6) is 0 Å². The standard InChI is InChI=1S/C19H16F3N3O4S2/c1-25-15(19(20,21)22)9-13(23-25)14-7-8-16(30-14)31(28,29)24-18(17(26)27)10-12(18)11-5-3-2-4-6-11/h2-9,12,24H,10H2,1H3,(H,26,27)/t12-,18+/m0/s1. The summed E-state index contributed by atoms with van der Waals surface area (Å²) in [6.07, 6.45) is -4.50. The fourth-order valence-corrected chi connectivity index (χ4v) is 6.16. The number of carboxylic acid groups (broad SMARTS) is 1. The third-order valence-corrected chi connectivity index (χ3v) is 8.24. The van der Waals surface area contributed by atoms with Gasteiger partial charge >= 0.3 is 12.1 Å². The van der Waals surface area contributed by atoms with Crippen molar-refractivity contribution in [1.82, 2.24) is 14.5 Å². The lowest BCUT2D eigenvalue weighted by Crippen LogP contribution is -2.44. The minimum absolute atomic E-state index is 0.0252. The number of hydrogen-bond acceptors (Lipinski definition) is 5. The number of alkyl halides is 3. The largest absolute Gasteiger partial charge is 0.480 e. The molecule has 7 nitrogen and oxygen atoms in total. The molecule has 0 unspecified atom stereocenters. The normalized spacial score (nSPS) is 21.2. The molecule has 0 radical (unpaired) electrons. The Kier molecular flexibility index (Phi) is 4.98. The molecular formula is C19H16F3N3O4S2. The fourth-order valence-electron chi connectivity index (χ4n) is 3.49. The molecule has 12 heteroatoms. The Morgan fingerprint density at radius 1 is 1.26 bits per heavy atom. The van der Waals surface area contributed by atoms with Crippen molar-refractivity contribution in [2.75, 3.05) is 0 Å². The molecule has 1 aliphatic rings. The fraction of sp³-hybridized carbons (Fsp3) is 0.263. The molecule has 164 valence electrons. The molecule has 1 aliphatic carbocycles. The van der Waals surface area contributed by atoms with Crippen molar-refractivity contribution in [2.24, 2.45) is 7.05 Å². The maximum Gasteiger partial charge on any atom is 0.433 e. The lowest BCUT2D eigenvalue weighted by atomic mass is 10.1. The monoisotopic (exact) mass is 471 g/mol. The molecule has 4 rings (SSSR count). The molecule has 1 saturated carbocycles. The van der Waals surface area contributed by atoms with Gasteiger partial charge in [0.05, 0.1) is 4.88 Å². The van der Waals surface area contributed by atoms with Crippen LogP contribution in [0.2, 0.25) is 0 Å². The maximum atomic E-state index is 13.0. The Hall–Kier alpha value is -2.70. The zero-order valence-corrected chi connectivity index (χ0v) is 17.6. The summed E-state index contributed by atoms with van der Waals surface area (Å²) < 4.78 is 67.5. The summed E-state index contributed by atoms with van der Waals surface area (Å²) in [4.78, 5) is 12.1. The highest BCUT2D eigenvalue weighted by Crippen LogP contribution is 2.52. The summed E-state index contributed by atoms with van der Waals surface area (Å²) in [5.41, 5.74) is -1.96. The number of nitrogens with zero attached hydrogens (tertiary/aromatic N) is 2. The Morgan fingerprint density at radius 2 is 1.94 bits per heavy atom. The number of carboxylic acids is 1. The van der Waals surface area contributed by atoms with Gasteiger partial charge in [-0.2, -0.15) is 23.0 Å². The number of aryl methyl sites for hydroxylation is 1. The van der Waals surface area contributed by atoms with Gasteiger partial charge in [-0.3, -0.25) is 9.48 Å². The SMILES string of the molecule is Cn1nc(-c2ccc(S(=O)(=O)N[C@]3(C(=O)O)C[C@H]3c3ccccc3)s2)cc1C(F)(F)F. The molecule has 1 fully saturated rings. The number of halogens is 3. The molecule has 2 N–H and O–H groups in total. The summed E-state index contributed by atoms with van der Waals surface area (Å²) >= 11 is 0.716. The highest BCUT2D eigenvalue weighted by atomic mass is 32.2. The van der Waals surface area contributed by atoms with Crippen molar-refractivity contribution in [2.45, 2.75) is 28.3 Å². The summed E-state index contributed by atoms with van der Waals surface area (Å²) in [6.45, 7) is 0. The van der Waals surface area contributed by atoms with Crippen LogP contribution in [0.25, 0.3) is 10.6 Å². The van der Waals surface area contributed by atoms with Gasteiger partial charge in [-0.25, -0.2) is 8.42 Å². The van der Waals surface area contributed by atoms with E-state index in [2.05, 4.69) is 9.82 Å². The molecule has 2 heterocycles. The minimum Gasteiger partial charge on any atom is -0.480 e. The average Bonchev–Trinajstić information content (AvgIpc) is 3.03. The number of benzene rings is 1. The molecule has 2 atom stereocenters. The average molecular weight is 471 g/mol. The predicted octanol–water partition coefficient (Wildman–Crippen LogP) is 3.46. The van der Waals surface area contributed by atoms with Gasteiger partial charge in [0.2, 0.25) is 0 Å². The number of thiophene rings is 1. The van der Waals surface area contributed by atoms with Gasteiger partial charge in [-0.05, 0) is 30.2 Å². The Bertz CT molecular complexity index is 1250. The van der Waals surface area contributed by atoms with E-state index in [0.717, 1.165) is 13.1 Å². The number of carbonyl (C=O) groups is 1. The third kappa shape index (κ3) is 3.86. The lowest BCUT2D eigenvalue weighted by molar-refractivity contribution is -0.143. The van der Waals surface area contributed by atoms with Crippen molar-refractivity contribution >= 4 is 27.3 Å². The van der Waals surface area contributed by atoms with E-state index >= 15 is 0 Å². The molecular weight excluding hydrogens is 455 g/mol. The van der Waals surface area contributed by atoms with Gasteiger partial charge < -0.3 is 5.11 Å². The first kappa shape index (κ1) is 21.5. The second-order valence-electron chi connectivity index (χ2n) is 7.20. The zero-order valence-electron chi connectivity index (χ0n) is 15.9. The van der Waals surface area contributed by atoms with E-state index in [1.165, 1.54) is 12.1 Å². The predicted molar refractivity (Wildman–Crippen MR) is 106 cm³/mol. The molecule has 31 heavy (non-hydrogen) atoms. The van der Waals surface area contributed by atoms with Crippen molar-refractivity contribution in [3.05, 3.63) is 59.8 Å². The van der Waals surface area contributed by atoms with Crippen LogP contribution in [0.15, 0.2) is 52.7 Å². The van der Waals surface area contributed by atoms with Gasteiger partial charge in [0.15, 0.2) is 0 Å². The summed E-state index contributed by atoms with van der Waals surface area (Å²) in [5.74, 6) is -1.81. The van der Waals surface area contributed by atoms with Crippen LogP contribution in [-0.4, -0.2) is 34.8 Å². The molecule has 0 bridgehead atoms. The molecule has 0 spiro atoms. The summed E-state index contributed by atoms with van der Waals surface area (Å²) in [7, 11) is -3.08. The highest BCUT2D eigenvalue weighted by Gasteiger charge is 2.63. The van der Waals surface area contributed by atoms with E-state index in [1.54, 1.807) is 30.3 Å². The quantitative estimate of drug-likeness (QED) is 0.574. The first-order chi connectivity index (χ1) is 14.4. The molecule has 2 aromatic heterocycles. The number of hydrogen-bond donors (Lipinski definition) is 2. The number of rotatable bonds is 6. The third-order valence-electron chi connectivity index (χ3n) is 5.13. The smallest absolute Gasteiger partial charge is 0.433 e. The van der Waals surface area contributed by atoms with Crippen LogP contribution >= 0.6 is 11.3 Å². The first-order valence-electron chi connectivity index (χ1n) is 8.98. The lowest BCUT2D eigenvalue weighted by Gasteiger charge is -2.14. The number of nitrogens with one attached hydrogen (secondary N) is 1. The maximum absolute atomic E-state index is 13.0. The van der Waals surface area contributed by atoms with Crippen molar-refractivity contribution in [3.8, 4) is 10.6 Å². The van der Waals surface area contributed by atoms with Crippen LogP contribution < -0.4 is 4.72 Å². The van der Waals surface area contributed by atoms with Crippen LogP contribution in [-0.2, 0) is 28.0 Å². The van der Waals surface area contributed by atoms with E-state index in [-0.39, 0.29) is 21.2 Å². The molecule has 0 aliphatic heterocycles. The van der Waals surface area contributed by atoms with Crippen LogP contribution in [0.3, 0.4) is 0 Å². The van der Waals surface area contributed by atoms with E-state index in [1.807, 2.05) is 0 Å². The number of sulfonamides is 1. The van der Waals surface area contributed by atoms with E-state index in [0.29, 0.717) is 21.6 Å². The van der Waals surface area contributed by atoms with Gasteiger partial charge in [-0.1, -0.05) is 30.3 Å². The molecule has 1 aromatic carbocycles. The van der Waals surface area contributed by atoms with Crippen molar-refractivity contribution < 1.29 is 31.5 Å². The molecule has 0 saturated heterocycles. The Balaban J connectivity index is 1.61. The van der Waals surface area contributed by atoms with Gasteiger partial charge in [0.25, 0.3) is 10.0 Å². The highest BCUT2D eigenvalue weighted by molar-refractivity contribution is 7.91. The van der Waals surface area contributed by atoms with Crippen molar-refractivity contribution in [1.29, 1.82) is 0 Å². The number of aromatic nitrogens is 2. The van der Waals surface area contributed by atoms with E-state index < -0.39 is 39.3 Å². The Morgan fingerprint density at radius 3 is 2.52 bits per heavy atom. The second-order valence-corrected chi connectivity index (χ2v) is 10.2. The van der Waals surface area contributed by atoms with Crippen LogP contribution in [0, 0.1) is 0 Å². The topological polar surface area (TPSA) is 101 Å². The Labute approximate surface area is 179 Å². The van der Waals surface area contributed by atoms with Crippen LogP contribution in [0.4, 0.5) is 13.2 Å². The molecule has 0 amide bonds.